The fourth-order valence-electron chi connectivity index (χ4n) is 0.330. The average Bonchev–Trinajstić information content (AvgIpc) is 1.99. The van der Waals surface area contributed by atoms with Gasteiger partial charge in [0, 0.05) is 22.2 Å². The number of rotatable bonds is 4. The van der Waals surface area contributed by atoms with Gasteiger partial charge in [-0.15, -0.1) is 0 Å². The van der Waals surface area contributed by atoms with E-state index >= 15 is 0 Å². The Morgan fingerprint density at radius 2 is 2.10 bits per heavy atom. The highest BCUT2D eigenvalue weighted by Gasteiger charge is 1.92. The number of hydrogen-bond donors (Lipinski definition) is 1. The van der Waals surface area contributed by atoms with E-state index in [2.05, 4.69) is 27.1 Å². The molecule has 0 aliphatic rings. The summed E-state index contributed by atoms with van der Waals surface area (Å²) in [5.74, 6) is 1.08. The molecule has 0 aliphatic carbocycles. The standard InChI is InChI=1S/C6H10BrNO2/c1-5(9-2)4-6(8-7)10-3/h4,8H,1H2,2-3H3/b6-4+. The van der Waals surface area contributed by atoms with Crippen molar-refractivity contribution in [3.63, 3.8) is 0 Å². The Kier molecular flexibility index (Phi) is 4.84. The second-order valence-corrected chi connectivity index (χ2v) is 1.87. The predicted octanol–water partition coefficient (Wildman–Crippen LogP) is 1.53. The Labute approximate surface area is 69.0 Å². The third-order valence-electron chi connectivity index (χ3n) is 0.867. The Morgan fingerprint density at radius 1 is 1.50 bits per heavy atom. The van der Waals surface area contributed by atoms with E-state index in [0.717, 1.165) is 0 Å². The first-order valence-electron chi connectivity index (χ1n) is 2.59. The molecule has 0 aromatic carbocycles. The minimum atomic E-state index is 0.531. The van der Waals surface area contributed by atoms with Crippen LogP contribution in [0.25, 0.3) is 0 Å². The molecule has 0 aromatic rings. The van der Waals surface area contributed by atoms with Crippen LogP contribution in [0.15, 0.2) is 24.3 Å². The molecule has 0 radical (unpaired) electrons. The second-order valence-electron chi connectivity index (χ2n) is 1.48. The van der Waals surface area contributed by atoms with E-state index in [1.54, 1.807) is 20.3 Å². The van der Waals surface area contributed by atoms with Crippen LogP contribution in [0.3, 0.4) is 0 Å². The van der Waals surface area contributed by atoms with Crippen molar-refractivity contribution in [2.75, 3.05) is 14.2 Å². The highest BCUT2D eigenvalue weighted by atomic mass is 79.9. The largest absolute Gasteiger partial charge is 0.497 e. The smallest absolute Gasteiger partial charge is 0.200 e. The van der Waals surface area contributed by atoms with Gasteiger partial charge in [0.2, 0.25) is 0 Å². The first kappa shape index (κ1) is 9.36. The lowest BCUT2D eigenvalue weighted by Gasteiger charge is -2.03. The molecule has 0 rings (SSSR count). The van der Waals surface area contributed by atoms with Crippen molar-refractivity contribution in [2.24, 2.45) is 0 Å². The minimum Gasteiger partial charge on any atom is -0.497 e. The lowest BCUT2D eigenvalue weighted by Crippen LogP contribution is -2.00. The van der Waals surface area contributed by atoms with E-state index in [0.29, 0.717) is 11.6 Å². The Bertz CT molecular complexity index is 139. The molecule has 0 amide bonds. The van der Waals surface area contributed by atoms with Crippen LogP contribution < -0.4 is 4.34 Å². The molecule has 0 aromatic heterocycles. The van der Waals surface area contributed by atoms with Gasteiger partial charge in [-0.25, -0.2) is 0 Å². The number of halogens is 1. The Balaban J connectivity index is 3.96. The molecule has 0 spiro atoms. The maximum Gasteiger partial charge on any atom is 0.200 e. The van der Waals surface area contributed by atoms with Crippen LogP contribution in [0.1, 0.15) is 0 Å². The van der Waals surface area contributed by atoms with Crippen LogP contribution in [0, 0.1) is 0 Å². The molecule has 0 saturated heterocycles. The topological polar surface area (TPSA) is 30.5 Å². The molecule has 0 bridgehead atoms. The van der Waals surface area contributed by atoms with Gasteiger partial charge in [0.05, 0.1) is 14.2 Å². The summed E-state index contributed by atoms with van der Waals surface area (Å²) in [5, 5.41) is 0. The van der Waals surface area contributed by atoms with E-state index in [9.17, 15) is 0 Å². The van der Waals surface area contributed by atoms with Crippen LogP contribution in [0.5, 0.6) is 0 Å². The van der Waals surface area contributed by atoms with Crippen molar-refractivity contribution >= 4 is 16.1 Å². The van der Waals surface area contributed by atoms with Gasteiger partial charge >= 0.3 is 0 Å². The molecule has 0 atom stereocenters. The van der Waals surface area contributed by atoms with Gasteiger partial charge in [-0.05, 0) is 0 Å². The molecule has 1 N–H and O–H groups in total. The SMILES string of the molecule is C=C(/C=C(\NBr)OC)OC. The molecule has 0 saturated carbocycles. The summed E-state index contributed by atoms with van der Waals surface area (Å²) in [6.07, 6.45) is 1.62. The number of allylic oxidation sites excluding steroid dienone is 1. The van der Waals surface area contributed by atoms with Crippen molar-refractivity contribution in [3.8, 4) is 0 Å². The fourth-order valence-corrected chi connectivity index (χ4v) is 0.606. The van der Waals surface area contributed by atoms with Gasteiger partial charge in [0.15, 0.2) is 5.88 Å². The van der Waals surface area contributed by atoms with E-state index < -0.39 is 0 Å². The number of methoxy groups -OCH3 is 2. The van der Waals surface area contributed by atoms with Gasteiger partial charge < -0.3 is 9.47 Å². The summed E-state index contributed by atoms with van der Waals surface area (Å²) in [6, 6.07) is 0. The fraction of sp³-hybridized carbons (Fsp3) is 0.333. The second kappa shape index (κ2) is 5.17. The van der Waals surface area contributed by atoms with Gasteiger partial charge in [0.1, 0.15) is 5.76 Å². The molecule has 4 heteroatoms. The van der Waals surface area contributed by atoms with E-state index in [1.807, 2.05) is 0 Å². The molecule has 0 fully saturated rings. The van der Waals surface area contributed by atoms with Crippen molar-refractivity contribution < 1.29 is 9.47 Å². The van der Waals surface area contributed by atoms with Crippen LogP contribution >= 0.6 is 16.1 Å². The zero-order chi connectivity index (χ0) is 7.98. The summed E-state index contributed by atoms with van der Waals surface area (Å²) in [5.41, 5.74) is 0. The highest BCUT2D eigenvalue weighted by Crippen LogP contribution is 1.99. The lowest BCUT2D eigenvalue weighted by molar-refractivity contribution is 0.268. The molecule has 0 aliphatic heterocycles. The molecular formula is C6H10BrNO2. The molecular weight excluding hydrogens is 198 g/mol. The van der Waals surface area contributed by atoms with Crippen LogP contribution in [-0.2, 0) is 9.47 Å². The van der Waals surface area contributed by atoms with E-state index in [1.165, 1.54) is 0 Å². The number of nitrogens with one attached hydrogen (secondary N) is 1. The summed E-state index contributed by atoms with van der Waals surface area (Å²) in [6.45, 7) is 3.57. The number of hydrogen-bond acceptors (Lipinski definition) is 3. The highest BCUT2D eigenvalue weighted by molar-refractivity contribution is 9.08. The van der Waals surface area contributed by atoms with Crippen LogP contribution in [0.4, 0.5) is 0 Å². The molecule has 58 valence electrons. The summed E-state index contributed by atoms with van der Waals surface area (Å²) >= 11 is 2.99. The Hall–Kier alpha value is -0.640. The van der Waals surface area contributed by atoms with E-state index in [-0.39, 0.29) is 0 Å². The molecule has 10 heavy (non-hydrogen) atoms. The third-order valence-corrected chi connectivity index (χ3v) is 1.26. The van der Waals surface area contributed by atoms with Gasteiger partial charge in [0.25, 0.3) is 0 Å². The monoisotopic (exact) mass is 207 g/mol. The number of ether oxygens (including phenoxy) is 2. The van der Waals surface area contributed by atoms with Gasteiger partial charge in [-0.3, -0.25) is 4.34 Å². The van der Waals surface area contributed by atoms with Crippen LogP contribution in [0.2, 0.25) is 0 Å². The summed E-state index contributed by atoms with van der Waals surface area (Å²) in [7, 11) is 3.09. The minimum absolute atomic E-state index is 0.531. The lowest BCUT2D eigenvalue weighted by atomic mass is 10.5. The zero-order valence-corrected chi connectivity index (χ0v) is 7.56. The van der Waals surface area contributed by atoms with E-state index in [4.69, 9.17) is 9.47 Å². The molecule has 0 unspecified atom stereocenters. The van der Waals surface area contributed by atoms with Crippen molar-refractivity contribution in [1.29, 1.82) is 0 Å². The first-order chi connectivity index (χ1) is 4.74. The zero-order valence-electron chi connectivity index (χ0n) is 5.98. The maximum atomic E-state index is 4.83. The molecule has 0 heterocycles. The van der Waals surface area contributed by atoms with Gasteiger partial charge in [-0.1, -0.05) is 6.58 Å². The average molecular weight is 208 g/mol. The summed E-state index contributed by atoms with van der Waals surface area (Å²) in [4.78, 5) is 0. The van der Waals surface area contributed by atoms with Crippen molar-refractivity contribution in [1.82, 2.24) is 4.34 Å². The predicted molar refractivity (Wildman–Crippen MR) is 43.3 cm³/mol. The summed E-state index contributed by atoms with van der Waals surface area (Å²) < 4.78 is 12.2. The first-order valence-corrected chi connectivity index (χ1v) is 3.39. The van der Waals surface area contributed by atoms with Crippen molar-refractivity contribution in [2.45, 2.75) is 0 Å². The normalized spacial score (nSPS) is 10.5. The molecule has 3 nitrogen and oxygen atoms in total. The third kappa shape index (κ3) is 3.40. The maximum absolute atomic E-state index is 4.83. The Morgan fingerprint density at radius 3 is 2.40 bits per heavy atom. The quantitative estimate of drug-likeness (QED) is 0.431. The van der Waals surface area contributed by atoms with Crippen LogP contribution in [-0.4, -0.2) is 14.2 Å². The van der Waals surface area contributed by atoms with Gasteiger partial charge in [-0.2, -0.15) is 0 Å². The van der Waals surface area contributed by atoms with Crippen molar-refractivity contribution in [3.05, 3.63) is 24.3 Å².